The molecule has 0 aromatic rings. The number of hydrogen-bond donors (Lipinski definition) is 0. The van der Waals surface area contributed by atoms with Gasteiger partial charge in [0.15, 0.2) is 19.4 Å². The average Bonchev–Trinajstić information content (AvgIpc) is 3.37. The van der Waals surface area contributed by atoms with Gasteiger partial charge in [-0.3, -0.25) is 4.79 Å². The summed E-state index contributed by atoms with van der Waals surface area (Å²) < 4.78 is 24.3. The van der Waals surface area contributed by atoms with Crippen LogP contribution in [0.1, 0.15) is 65.2 Å². The Bertz CT molecular complexity index is 734. The Kier molecular flexibility index (Phi) is 3.67. The first kappa shape index (κ1) is 18.1. The maximum absolute atomic E-state index is 12.0. The SMILES string of the molecule is C[C@]12CCC(=O)C=C1CC[C@@H]1[C@@H]2CC[C@@]2(C)[C@H]1CC[C@@]21OCO[C@@]12COCO2. The number of rotatable bonds is 0. The van der Waals surface area contributed by atoms with E-state index in [1.54, 1.807) is 0 Å². The van der Waals surface area contributed by atoms with Crippen molar-refractivity contribution in [2.75, 3.05) is 20.2 Å². The molecule has 5 fully saturated rings. The van der Waals surface area contributed by atoms with E-state index in [1.807, 2.05) is 6.08 Å². The van der Waals surface area contributed by atoms with Crippen LogP contribution < -0.4 is 0 Å². The van der Waals surface area contributed by atoms with Crippen molar-refractivity contribution >= 4 is 5.78 Å². The number of carbonyl (C=O) groups excluding carboxylic acids is 1. The molecule has 5 nitrogen and oxygen atoms in total. The fourth-order valence-corrected chi connectivity index (χ4v) is 8.54. The second kappa shape index (κ2) is 5.69. The predicted molar refractivity (Wildman–Crippen MR) is 101 cm³/mol. The Balaban J connectivity index is 1.37. The quantitative estimate of drug-likeness (QED) is 0.629. The molecule has 0 unspecified atom stereocenters. The topological polar surface area (TPSA) is 54.0 Å². The summed E-state index contributed by atoms with van der Waals surface area (Å²) in [6.07, 6.45) is 10.6. The highest BCUT2D eigenvalue weighted by Crippen LogP contribution is 2.71. The number of ketones is 1. The summed E-state index contributed by atoms with van der Waals surface area (Å²) in [5.74, 6) is 1.64. The van der Waals surface area contributed by atoms with E-state index in [9.17, 15) is 4.79 Å². The normalized spacial score (nSPS) is 55.3. The number of ether oxygens (including phenoxy) is 4. The van der Waals surface area contributed by atoms with Crippen molar-refractivity contribution in [1.29, 1.82) is 0 Å². The third kappa shape index (κ3) is 1.95. The van der Waals surface area contributed by atoms with E-state index in [0.717, 1.165) is 32.1 Å². The molecule has 0 N–H and O–H groups in total. The monoisotopic (exact) mass is 388 g/mol. The van der Waals surface area contributed by atoms with E-state index in [1.165, 1.54) is 24.8 Å². The molecule has 6 aliphatic rings. The van der Waals surface area contributed by atoms with Gasteiger partial charge in [0.2, 0.25) is 5.79 Å². The molecule has 4 aliphatic carbocycles. The molecule has 2 spiro atoms. The van der Waals surface area contributed by atoms with Crippen LogP contribution in [0.25, 0.3) is 0 Å². The summed E-state index contributed by atoms with van der Waals surface area (Å²) >= 11 is 0. The summed E-state index contributed by atoms with van der Waals surface area (Å²) in [5, 5.41) is 0. The Morgan fingerprint density at radius 3 is 2.57 bits per heavy atom. The second-order valence-corrected chi connectivity index (χ2v) is 10.6. The first-order valence-electron chi connectivity index (χ1n) is 11.2. The average molecular weight is 389 g/mol. The number of allylic oxidation sites excluding steroid dienone is 1. The summed E-state index contributed by atoms with van der Waals surface area (Å²) in [6.45, 7) is 5.98. The van der Waals surface area contributed by atoms with Crippen LogP contribution in [0, 0.1) is 28.6 Å². The Labute approximate surface area is 167 Å². The molecule has 0 aromatic carbocycles. The summed E-state index contributed by atoms with van der Waals surface area (Å²) in [4.78, 5) is 12.0. The van der Waals surface area contributed by atoms with Crippen molar-refractivity contribution in [3.8, 4) is 0 Å². The molecule has 0 amide bonds. The highest BCUT2D eigenvalue weighted by atomic mass is 16.9. The van der Waals surface area contributed by atoms with Gasteiger partial charge in [0.1, 0.15) is 12.2 Å². The molecule has 28 heavy (non-hydrogen) atoms. The highest BCUT2D eigenvalue weighted by Gasteiger charge is 2.75. The first-order chi connectivity index (χ1) is 13.4. The van der Waals surface area contributed by atoms with E-state index < -0.39 is 5.79 Å². The molecule has 3 saturated carbocycles. The van der Waals surface area contributed by atoms with Gasteiger partial charge in [-0.05, 0) is 74.2 Å². The van der Waals surface area contributed by atoms with Gasteiger partial charge in [0.25, 0.3) is 0 Å². The molecule has 0 bridgehead atoms. The minimum absolute atomic E-state index is 0.0560. The van der Waals surface area contributed by atoms with Gasteiger partial charge in [-0.15, -0.1) is 0 Å². The van der Waals surface area contributed by atoms with E-state index in [4.69, 9.17) is 18.9 Å². The van der Waals surface area contributed by atoms with Crippen LogP contribution in [0.3, 0.4) is 0 Å². The summed E-state index contributed by atoms with van der Waals surface area (Å²) in [5.41, 5.74) is 1.32. The zero-order valence-electron chi connectivity index (χ0n) is 17.1. The van der Waals surface area contributed by atoms with Gasteiger partial charge in [-0.2, -0.15) is 0 Å². The predicted octanol–water partition coefficient (Wildman–Crippen LogP) is 3.96. The third-order valence-electron chi connectivity index (χ3n) is 9.96. The standard InChI is InChI=1S/C23H32O5/c1-20-8-5-16(24)11-15(20)3-4-17-18(20)6-9-21(2)19(17)7-10-22(21)23(28-14-26-22)12-25-13-27-23/h11,17-19H,3-10,12-14H2,1-2H3/t17-,18+,19+,20+,21+,22-,23+/m1/s1. The first-order valence-corrected chi connectivity index (χ1v) is 11.2. The Morgan fingerprint density at radius 1 is 0.929 bits per heavy atom. The van der Waals surface area contributed by atoms with Crippen LogP contribution in [-0.2, 0) is 23.7 Å². The molecule has 0 radical (unpaired) electrons. The molecular weight excluding hydrogens is 356 g/mol. The van der Waals surface area contributed by atoms with Crippen LogP contribution in [-0.4, -0.2) is 37.4 Å². The van der Waals surface area contributed by atoms with Gasteiger partial charge in [0, 0.05) is 11.8 Å². The van der Waals surface area contributed by atoms with E-state index in [0.29, 0.717) is 43.7 Å². The maximum Gasteiger partial charge on any atom is 0.226 e. The lowest BCUT2D eigenvalue weighted by Crippen LogP contribution is -2.63. The minimum atomic E-state index is -0.718. The van der Waals surface area contributed by atoms with Gasteiger partial charge in [-0.1, -0.05) is 19.4 Å². The Morgan fingerprint density at radius 2 is 1.75 bits per heavy atom. The smallest absolute Gasteiger partial charge is 0.226 e. The number of carbonyl (C=O) groups is 1. The fourth-order valence-electron chi connectivity index (χ4n) is 8.54. The van der Waals surface area contributed by atoms with Crippen molar-refractivity contribution in [2.24, 2.45) is 28.6 Å². The third-order valence-corrected chi connectivity index (χ3v) is 9.96. The van der Waals surface area contributed by atoms with Crippen molar-refractivity contribution in [1.82, 2.24) is 0 Å². The minimum Gasteiger partial charge on any atom is -0.350 e. The lowest BCUT2D eigenvalue weighted by molar-refractivity contribution is -0.248. The summed E-state index contributed by atoms with van der Waals surface area (Å²) in [7, 11) is 0. The van der Waals surface area contributed by atoms with E-state index >= 15 is 0 Å². The lowest BCUT2D eigenvalue weighted by Gasteiger charge is -2.60. The molecule has 5 heteroatoms. The van der Waals surface area contributed by atoms with Gasteiger partial charge in [-0.25, -0.2) is 0 Å². The largest absolute Gasteiger partial charge is 0.350 e. The van der Waals surface area contributed by atoms with Crippen LogP contribution >= 0.6 is 0 Å². The zero-order chi connectivity index (χ0) is 19.2. The molecule has 0 aromatic heterocycles. The zero-order valence-corrected chi connectivity index (χ0v) is 17.1. The van der Waals surface area contributed by atoms with Gasteiger partial charge >= 0.3 is 0 Å². The van der Waals surface area contributed by atoms with Crippen molar-refractivity contribution in [3.05, 3.63) is 11.6 Å². The molecular formula is C23H32O5. The maximum atomic E-state index is 12.0. The molecule has 2 aliphatic heterocycles. The molecule has 7 atom stereocenters. The second-order valence-electron chi connectivity index (χ2n) is 10.6. The fraction of sp³-hybridized carbons (Fsp3) is 0.870. The number of fused-ring (bicyclic) bond motifs is 7. The van der Waals surface area contributed by atoms with Gasteiger partial charge in [0.05, 0.1) is 0 Å². The van der Waals surface area contributed by atoms with Gasteiger partial charge < -0.3 is 18.9 Å². The molecule has 6 rings (SSSR count). The highest BCUT2D eigenvalue weighted by molar-refractivity contribution is 5.91. The molecule has 2 heterocycles. The van der Waals surface area contributed by atoms with Crippen LogP contribution in [0.4, 0.5) is 0 Å². The van der Waals surface area contributed by atoms with Crippen LogP contribution in [0.15, 0.2) is 11.6 Å². The number of hydrogen-bond acceptors (Lipinski definition) is 5. The molecule has 154 valence electrons. The van der Waals surface area contributed by atoms with E-state index in [2.05, 4.69) is 13.8 Å². The Hall–Kier alpha value is -0.750. The summed E-state index contributed by atoms with van der Waals surface area (Å²) in [6, 6.07) is 0. The van der Waals surface area contributed by atoms with Crippen molar-refractivity contribution in [2.45, 2.75) is 76.6 Å². The van der Waals surface area contributed by atoms with Crippen molar-refractivity contribution < 1.29 is 23.7 Å². The molecule has 2 saturated heterocycles. The van der Waals surface area contributed by atoms with Crippen LogP contribution in [0.5, 0.6) is 0 Å². The van der Waals surface area contributed by atoms with E-state index in [-0.39, 0.29) is 16.4 Å². The lowest BCUT2D eigenvalue weighted by atomic mass is 9.46. The van der Waals surface area contributed by atoms with Crippen LogP contribution in [0.2, 0.25) is 0 Å². The van der Waals surface area contributed by atoms with Crippen molar-refractivity contribution in [3.63, 3.8) is 0 Å².